The van der Waals surface area contributed by atoms with Crippen LogP contribution in [0.1, 0.15) is 30.9 Å². The summed E-state index contributed by atoms with van der Waals surface area (Å²) in [5.74, 6) is 0.351. The number of hydrogen-bond donors (Lipinski definition) is 1. The molecule has 3 nitrogen and oxygen atoms in total. The number of aryl methyl sites for hydroxylation is 1. The van der Waals surface area contributed by atoms with Gasteiger partial charge in [-0.25, -0.2) is 0 Å². The van der Waals surface area contributed by atoms with Crippen molar-refractivity contribution < 1.29 is 13.0 Å². The Bertz CT molecular complexity index is 433. The van der Waals surface area contributed by atoms with Crippen LogP contribution in [0.3, 0.4) is 0 Å². The summed E-state index contributed by atoms with van der Waals surface area (Å²) in [4.78, 5) is -0.0121. The van der Waals surface area contributed by atoms with Gasteiger partial charge in [0.2, 0.25) is 0 Å². The lowest BCUT2D eigenvalue weighted by Gasteiger charge is -2.08. The molecule has 0 atom stereocenters. The van der Waals surface area contributed by atoms with Gasteiger partial charge >= 0.3 is 0 Å². The van der Waals surface area contributed by atoms with E-state index in [1.807, 2.05) is 13.8 Å². The van der Waals surface area contributed by atoms with Gasteiger partial charge in [0, 0.05) is 0 Å². The molecule has 0 saturated heterocycles. The van der Waals surface area contributed by atoms with Crippen molar-refractivity contribution in [2.24, 2.45) is 0 Å². The summed E-state index contributed by atoms with van der Waals surface area (Å²) in [7, 11) is -4.08. The molecule has 14 heavy (non-hydrogen) atoms. The minimum Gasteiger partial charge on any atom is -0.282 e. The van der Waals surface area contributed by atoms with Gasteiger partial charge in [0.25, 0.3) is 10.1 Å². The zero-order valence-corrected chi connectivity index (χ0v) is 9.30. The molecule has 0 aliphatic carbocycles. The highest BCUT2D eigenvalue weighted by molar-refractivity contribution is 7.85. The van der Waals surface area contributed by atoms with Crippen LogP contribution in [0.25, 0.3) is 0 Å². The smallest absolute Gasteiger partial charge is 0.282 e. The van der Waals surface area contributed by atoms with E-state index in [2.05, 4.69) is 0 Å². The van der Waals surface area contributed by atoms with E-state index in [4.69, 9.17) is 4.55 Å². The fourth-order valence-corrected chi connectivity index (χ4v) is 2.03. The maximum atomic E-state index is 10.9. The second-order valence-corrected chi connectivity index (χ2v) is 5.04. The van der Waals surface area contributed by atoms with Crippen LogP contribution in [0.15, 0.2) is 23.1 Å². The maximum absolute atomic E-state index is 10.9. The molecule has 0 spiro atoms. The average molecular weight is 214 g/mol. The van der Waals surface area contributed by atoms with Crippen LogP contribution in [0.5, 0.6) is 0 Å². The first-order valence-electron chi connectivity index (χ1n) is 4.40. The Labute approximate surface area is 84.5 Å². The van der Waals surface area contributed by atoms with E-state index in [1.165, 1.54) is 6.07 Å². The summed E-state index contributed by atoms with van der Waals surface area (Å²) in [6.07, 6.45) is 0. The first-order valence-corrected chi connectivity index (χ1v) is 5.84. The monoisotopic (exact) mass is 214 g/mol. The Morgan fingerprint density at radius 3 is 2.21 bits per heavy atom. The summed E-state index contributed by atoms with van der Waals surface area (Å²) in [5.41, 5.74) is 1.65. The lowest BCUT2D eigenvalue weighted by atomic mass is 10.0. The third kappa shape index (κ3) is 2.33. The Morgan fingerprint density at radius 1 is 1.29 bits per heavy atom. The molecule has 0 amide bonds. The number of hydrogen-bond acceptors (Lipinski definition) is 2. The lowest BCUT2D eigenvalue weighted by Crippen LogP contribution is -2.01. The minimum absolute atomic E-state index is 0.0121. The SMILES string of the molecule is Cc1cc(C(C)C)ccc1S(=O)(=O)O. The van der Waals surface area contributed by atoms with Gasteiger partial charge < -0.3 is 0 Å². The van der Waals surface area contributed by atoms with Crippen LogP contribution in [-0.2, 0) is 10.1 Å². The third-order valence-corrected chi connectivity index (χ3v) is 3.16. The van der Waals surface area contributed by atoms with Crippen molar-refractivity contribution >= 4 is 10.1 Å². The predicted octanol–water partition coefficient (Wildman–Crippen LogP) is 2.37. The standard InChI is InChI=1S/C10H14O3S/c1-7(2)9-4-5-10(8(3)6-9)14(11,12)13/h4-7H,1-3H3,(H,11,12,13). The molecule has 0 radical (unpaired) electrons. The Morgan fingerprint density at radius 2 is 1.86 bits per heavy atom. The van der Waals surface area contributed by atoms with E-state index in [0.29, 0.717) is 11.5 Å². The Hall–Kier alpha value is -0.870. The maximum Gasteiger partial charge on any atom is 0.294 e. The van der Waals surface area contributed by atoms with E-state index in [1.54, 1.807) is 19.1 Å². The molecule has 4 heteroatoms. The predicted molar refractivity (Wildman–Crippen MR) is 55.1 cm³/mol. The van der Waals surface area contributed by atoms with Crippen molar-refractivity contribution in [2.75, 3.05) is 0 Å². The first kappa shape index (κ1) is 11.2. The zero-order chi connectivity index (χ0) is 10.9. The quantitative estimate of drug-likeness (QED) is 0.769. The zero-order valence-electron chi connectivity index (χ0n) is 8.48. The molecule has 1 aromatic carbocycles. The average Bonchev–Trinajstić information content (AvgIpc) is 2.01. The van der Waals surface area contributed by atoms with E-state index < -0.39 is 10.1 Å². The molecule has 0 heterocycles. The molecular formula is C10H14O3S. The second kappa shape index (κ2) is 3.71. The molecule has 1 aromatic rings. The molecular weight excluding hydrogens is 200 g/mol. The van der Waals surface area contributed by atoms with Crippen molar-refractivity contribution in [2.45, 2.75) is 31.6 Å². The van der Waals surface area contributed by atoms with E-state index in [-0.39, 0.29) is 4.90 Å². The van der Waals surface area contributed by atoms with Gasteiger partial charge in [-0.1, -0.05) is 26.0 Å². The highest BCUT2D eigenvalue weighted by Gasteiger charge is 2.13. The topological polar surface area (TPSA) is 54.4 Å². The largest absolute Gasteiger partial charge is 0.294 e. The highest BCUT2D eigenvalue weighted by Crippen LogP contribution is 2.21. The van der Waals surface area contributed by atoms with Gasteiger partial charge in [0.05, 0.1) is 4.90 Å². The molecule has 0 fully saturated rings. The van der Waals surface area contributed by atoms with Crippen LogP contribution >= 0.6 is 0 Å². The van der Waals surface area contributed by atoms with E-state index in [0.717, 1.165) is 5.56 Å². The van der Waals surface area contributed by atoms with E-state index >= 15 is 0 Å². The first-order chi connectivity index (χ1) is 6.32. The van der Waals surface area contributed by atoms with Gasteiger partial charge in [0.1, 0.15) is 0 Å². The molecule has 0 aliphatic heterocycles. The van der Waals surface area contributed by atoms with Crippen LogP contribution in [0, 0.1) is 6.92 Å². The molecule has 1 rings (SSSR count). The van der Waals surface area contributed by atoms with Crippen molar-refractivity contribution in [3.05, 3.63) is 29.3 Å². The van der Waals surface area contributed by atoms with Crippen LogP contribution in [0.2, 0.25) is 0 Å². The Balaban J connectivity index is 3.28. The third-order valence-electron chi connectivity index (χ3n) is 2.14. The summed E-state index contributed by atoms with van der Waals surface area (Å²) in [5, 5.41) is 0. The molecule has 0 unspecified atom stereocenters. The summed E-state index contributed by atoms with van der Waals surface area (Å²) < 4.78 is 30.7. The molecule has 0 aliphatic rings. The molecule has 78 valence electrons. The number of benzene rings is 1. The summed E-state index contributed by atoms with van der Waals surface area (Å²) in [6, 6.07) is 4.95. The molecule has 0 aromatic heterocycles. The molecule has 0 bridgehead atoms. The molecule has 0 saturated carbocycles. The van der Waals surface area contributed by atoms with Crippen LogP contribution in [-0.4, -0.2) is 13.0 Å². The van der Waals surface area contributed by atoms with Crippen molar-refractivity contribution in [1.82, 2.24) is 0 Å². The van der Waals surface area contributed by atoms with Gasteiger partial charge in [0.15, 0.2) is 0 Å². The van der Waals surface area contributed by atoms with Crippen molar-refractivity contribution in [3.63, 3.8) is 0 Å². The van der Waals surface area contributed by atoms with Crippen molar-refractivity contribution in [3.8, 4) is 0 Å². The fourth-order valence-electron chi connectivity index (χ4n) is 1.32. The fraction of sp³-hybridized carbons (Fsp3) is 0.400. The Kier molecular flexibility index (Phi) is 2.97. The van der Waals surface area contributed by atoms with Crippen molar-refractivity contribution in [1.29, 1.82) is 0 Å². The van der Waals surface area contributed by atoms with Crippen LogP contribution in [0.4, 0.5) is 0 Å². The normalized spacial score (nSPS) is 12.1. The molecule has 1 N–H and O–H groups in total. The summed E-state index contributed by atoms with van der Waals surface area (Å²) in [6.45, 7) is 5.73. The van der Waals surface area contributed by atoms with Crippen LogP contribution < -0.4 is 0 Å². The lowest BCUT2D eigenvalue weighted by molar-refractivity contribution is 0.482. The van der Waals surface area contributed by atoms with Gasteiger partial charge in [-0.2, -0.15) is 8.42 Å². The van der Waals surface area contributed by atoms with E-state index in [9.17, 15) is 8.42 Å². The summed E-state index contributed by atoms with van der Waals surface area (Å²) >= 11 is 0. The second-order valence-electron chi connectivity index (χ2n) is 3.65. The number of rotatable bonds is 2. The van der Waals surface area contributed by atoms with Gasteiger partial charge in [-0.15, -0.1) is 0 Å². The minimum atomic E-state index is -4.08. The van der Waals surface area contributed by atoms with Gasteiger partial charge in [-0.3, -0.25) is 4.55 Å². The van der Waals surface area contributed by atoms with Gasteiger partial charge in [-0.05, 0) is 30.0 Å². The highest BCUT2D eigenvalue weighted by atomic mass is 32.2.